The van der Waals surface area contributed by atoms with Crippen LogP contribution in [0.3, 0.4) is 0 Å². The zero-order valence-electron chi connectivity index (χ0n) is 19.5. The highest BCUT2D eigenvalue weighted by molar-refractivity contribution is 6.32. The maximum Gasteiger partial charge on any atom is 0.322 e. The van der Waals surface area contributed by atoms with Crippen molar-refractivity contribution in [1.29, 1.82) is 0 Å². The summed E-state index contributed by atoms with van der Waals surface area (Å²) in [7, 11) is 3.06. The molecular formula is C26H25ClN4O4. The second-order valence-electron chi connectivity index (χ2n) is 8.09. The molecule has 0 saturated carbocycles. The lowest BCUT2D eigenvalue weighted by atomic mass is 10.1. The van der Waals surface area contributed by atoms with E-state index in [4.69, 9.17) is 30.8 Å². The molecule has 0 aliphatic carbocycles. The molecule has 2 aliphatic heterocycles. The van der Waals surface area contributed by atoms with Crippen LogP contribution in [-0.2, 0) is 0 Å². The van der Waals surface area contributed by atoms with Gasteiger partial charge in [0, 0.05) is 32.2 Å². The van der Waals surface area contributed by atoms with Crippen LogP contribution in [0.1, 0.15) is 5.56 Å². The molecule has 0 atom stereocenters. The van der Waals surface area contributed by atoms with E-state index >= 15 is 0 Å². The number of carbonyl (C=O) groups is 1. The molecule has 35 heavy (non-hydrogen) atoms. The second-order valence-corrected chi connectivity index (χ2v) is 8.50. The Balaban J connectivity index is 1.32. The Kier molecular flexibility index (Phi) is 6.37. The third-order valence-electron chi connectivity index (χ3n) is 6.02. The van der Waals surface area contributed by atoms with E-state index < -0.39 is 0 Å². The van der Waals surface area contributed by atoms with E-state index in [1.807, 2.05) is 48.5 Å². The number of carbonyl (C=O) groups excluding carboxylic acids is 1. The lowest BCUT2D eigenvalue weighted by Crippen LogP contribution is -2.51. The number of halogens is 1. The zero-order chi connectivity index (χ0) is 24.4. The third-order valence-corrected chi connectivity index (χ3v) is 6.32. The summed E-state index contributed by atoms with van der Waals surface area (Å²) in [6.07, 6.45) is 0. The van der Waals surface area contributed by atoms with Gasteiger partial charge in [-0.15, -0.1) is 0 Å². The minimum absolute atomic E-state index is 0.221. The quantitative estimate of drug-likeness (QED) is 0.530. The van der Waals surface area contributed by atoms with Crippen molar-refractivity contribution in [2.24, 2.45) is 4.99 Å². The lowest BCUT2D eigenvalue weighted by Gasteiger charge is -2.36. The molecule has 0 spiro atoms. The maximum atomic E-state index is 13.0. The average molecular weight is 493 g/mol. The Labute approximate surface area is 208 Å². The minimum Gasteiger partial charge on any atom is -0.495 e. The summed E-state index contributed by atoms with van der Waals surface area (Å²) in [5.74, 6) is 3.28. The fourth-order valence-electron chi connectivity index (χ4n) is 4.18. The first-order chi connectivity index (χ1) is 17.1. The molecule has 2 amide bonds. The van der Waals surface area contributed by atoms with Crippen LogP contribution >= 0.6 is 11.6 Å². The Morgan fingerprint density at radius 3 is 2.37 bits per heavy atom. The monoisotopic (exact) mass is 492 g/mol. The van der Waals surface area contributed by atoms with Crippen molar-refractivity contribution in [3.8, 4) is 23.0 Å². The summed E-state index contributed by atoms with van der Waals surface area (Å²) < 4.78 is 16.8. The number of para-hydroxylation sites is 3. The van der Waals surface area contributed by atoms with E-state index in [2.05, 4.69) is 10.2 Å². The fraction of sp³-hybridized carbons (Fsp3) is 0.231. The third kappa shape index (κ3) is 4.57. The van der Waals surface area contributed by atoms with Crippen LogP contribution < -0.4 is 19.5 Å². The number of benzene rings is 3. The van der Waals surface area contributed by atoms with Gasteiger partial charge in [-0.1, -0.05) is 35.9 Å². The first-order valence-corrected chi connectivity index (χ1v) is 11.6. The number of piperazine rings is 1. The van der Waals surface area contributed by atoms with E-state index in [-0.39, 0.29) is 6.03 Å². The van der Waals surface area contributed by atoms with Crippen molar-refractivity contribution in [2.45, 2.75) is 0 Å². The summed E-state index contributed by atoms with van der Waals surface area (Å²) in [4.78, 5) is 21.9. The molecule has 3 aromatic carbocycles. The van der Waals surface area contributed by atoms with Gasteiger partial charge in [-0.3, -0.25) is 0 Å². The number of amidine groups is 1. The van der Waals surface area contributed by atoms with Gasteiger partial charge in [0.15, 0.2) is 5.75 Å². The van der Waals surface area contributed by atoms with Gasteiger partial charge in [0.25, 0.3) is 0 Å². The van der Waals surface area contributed by atoms with Crippen LogP contribution in [0.5, 0.6) is 23.0 Å². The van der Waals surface area contributed by atoms with Crippen LogP contribution in [0.2, 0.25) is 5.02 Å². The molecule has 0 bridgehead atoms. The molecule has 180 valence electrons. The van der Waals surface area contributed by atoms with Crippen LogP contribution in [0.15, 0.2) is 65.7 Å². The van der Waals surface area contributed by atoms with Gasteiger partial charge in [0.05, 0.1) is 30.5 Å². The van der Waals surface area contributed by atoms with E-state index in [0.29, 0.717) is 48.4 Å². The normalized spacial score (nSPS) is 14.7. The van der Waals surface area contributed by atoms with Gasteiger partial charge >= 0.3 is 6.03 Å². The first kappa shape index (κ1) is 22.9. The highest BCUT2D eigenvalue weighted by atomic mass is 35.5. The predicted octanol–water partition coefficient (Wildman–Crippen LogP) is 5.39. The van der Waals surface area contributed by atoms with Gasteiger partial charge in [-0.25, -0.2) is 9.79 Å². The smallest absolute Gasteiger partial charge is 0.322 e. The van der Waals surface area contributed by atoms with Crippen LogP contribution in [-0.4, -0.2) is 62.1 Å². The van der Waals surface area contributed by atoms with Gasteiger partial charge in [0.2, 0.25) is 0 Å². The maximum absolute atomic E-state index is 13.0. The number of methoxy groups -OCH3 is 2. The van der Waals surface area contributed by atoms with E-state index in [1.54, 1.807) is 17.0 Å². The molecule has 0 radical (unpaired) electrons. The number of ether oxygens (including phenoxy) is 3. The zero-order valence-corrected chi connectivity index (χ0v) is 20.2. The number of rotatable bonds is 3. The molecule has 0 aromatic heterocycles. The second kappa shape index (κ2) is 9.76. The van der Waals surface area contributed by atoms with Crippen LogP contribution in [0.4, 0.5) is 16.2 Å². The molecule has 8 nitrogen and oxygen atoms in total. The summed E-state index contributed by atoms with van der Waals surface area (Å²) in [5, 5.41) is 3.30. The van der Waals surface area contributed by atoms with Crippen LogP contribution in [0.25, 0.3) is 0 Å². The largest absolute Gasteiger partial charge is 0.495 e. The van der Waals surface area contributed by atoms with Crippen LogP contribution in [0, 0.1) is 0 Å². The fourth-order valence-corrected chi connectivity index (χ4v) is 4.42. The van der Waals surface area contributed by atoms with Crippen molar-refractivity contribution < 1.29 is 19.0 Å². The van der Waals surface area contributed by atoms with E-state index in [1.165, 1.54) is 14.2 Å². The molecule has 9 heteroatoms. The summed E-state index contributed by atoms with van der Waals surface area (Å²) in [6.45, 7) is 2.32. The molecule has 2 heterocycles. The number of fused-ring (bicyclic) bond motifs is 2. The van der Waals surface area contributed by atoms with Crippen molar-refractivity contribution in [3.63, 3.8) is 0 Å². The molecule has 0 unspecified atom stereocenters. The number of anilines is 1. The summed E-state index contributed by atoms with van der Waals surface area (Å²) in [5.41, 5.74) is 2.20. The SMILES string of the molecule is COc1cc(OC)c(NC(=O)N2CCN(C3=Nc4ccccc4Oc4ccccc43)CC2)cc1Cl. The molecule has 1 fully saturated rings. The molecule has 2 aliphatic rings. The number of hydrogen-bond acceptors (Lipinski definition) is 6. The molecule has 5 rings (SSSR count). The van der Waals surface area contributed by atoms with Crippen molar-refractivity contribution in [3.05, 3.63) is 71.2 Å². The summed E-state index contributed by atoms with van der Waals surface area (Å²) >= 11 is 6.25. The predicted molar refractivity (Wildman–Crippen MR) is 136 cm³/mol. The van der Waals surface area contributed by atoms with Crippen molar-refractivity contribution >= 4 is 34.8 Å². The lowest BCUT2D eigenvalue weighted by molar-refractivity contribution is 0.181. The highest BCUT2D eigenvalue weighted by Crippen LogP contribution is 2.38. The van der Waals surface area contributed by atoms with Gasteiger partial charge in [0.1, 0.15) is 28.8 Å². The van der Waals surface area contributed by atoms with E-state index in [0.717, 1.165) is 28.6 Å². The number of amides is 2. The minimum atomic E-state index is -0.221. The standard InChI is InChI=1S/C26H25ClN4O4/c1-33-23-16-24(34-2)20(15-18(23)27)29-26(32)31-13-11-30(12-14-31)25-17-7-3-5-9-21(17)35-22-10-6-4-8-19(22)28-25/h3-10,15-16H,11-14H2,1-2H3,(H,29,32). The van der Waals surface area contributed by atoms with Crippen molar-refractivity contribution in [2.75, 3.05) is 45.7 Å². The molecule has 1 saturated heterocycles. The van der Waals surface area contributed by atoms with E-state index in [9.17, 15) is 4.79 Å². The molecule has 1 N–H and O–H groups in total. The van der Waals surface area contributed by atoms with Crippen molar-refractivity contribution in [1.82, 2.24) is 9.80 Å². The number of nitrogens with one attached hydrogen (secondary N) is 1. The first-order valence-electron chi connectivity index (χ1n) is 11.2. The molecular weight excluding hydrogens is 468 g/mol. The number of nitrogens with zero attached hydrogens (tertiary/aromatic N) is 3. The Bertz CT molecular complexity index is 1290. The number of hydrogen-bond donors (Lipinski definition) is 1. The highest BCUT2D eigenvalue weighted by Gasteiger charge is 2.28. The summed E-state index contributed by atoms with van der Waals surface area (Å²) in [6, 6.07) is 18.7. The average Bonchev–Trinajstić information content (AvgIpc) is 3.06. The van der Waals surface area contributed by atoms with Gasteiger partial charge in [-0.05, 0) is 30.3 Å². The Hall–Kier alpha value is -3.91. The number of urea groups is 1. The Morgan fingerprint density at radius 2 is 1.63 bits per heavy atom. The molecule has 3 aromatic rings. The number of aliphatic imine (C=N–C) groups is 1. The van der Waals surface area contributed by atoms with Gasteiger partial charge < -0.3 is 29.3 Å². The Morgan fingerprint density at radius 1 is 0.943 bits per heavy atom. The van der Waals surface area contributed by atoms with Gasteiger partial charge in [-0.2, -0.15) is 0 Å². The topological polar surface area (TPSA) is 75.6 Å².